The Bertz CT molecular complexity index is 644. The maximum Gasteiger partial charge on any atom is 0.227 e. The number of nitrogens with zero attached hydrogens (tertiary/aromatic N) is 2. The van der Waals surface area contributed by atoms with Crippen molar-refractivity contribution in [2.45, 2.75) is 6.42 Å². The number of anilines is 1. The fourth-order valence-corrected chi connectivity index (χ4v) is 2.87. The summed E-state index contributed by atoms with van der Waals surface area (Å²) in [6.07, 6.45) is 0.498. The summed E-state index contributed by atoms with van der Waals surface area (Å²) >= 11 is 11.9. The van der Waals surface area contributed by atoms with Crippen LogP contribution in [0.3, 0.4) is 0 Å². The molecular formula is C14H12Cl2N2O. The summed E-state index contributed by atoms with van der Waals surface area (Å²) in [7, 11) is 0. The third-order valence-corrected chi connectivity index (χ3v) is 4.01. The molecule has 0 radical (unpaired) electrons. The van der Waals surface area contributed by atoms with Crippen LogP contribution in [0, 0.1) is 5.92 Å². The molecule has 1 atom stereocenters. The van der Waals surface area contributed by atoms with Gasteiger partial charge in [0.15, 0.2) is 0 Å². The Morgan fingerprint density at radius 1 is 1.37 bits per heavy atom. The van der Waals surface area contributed by atoms with Crippen molar-refractivity contribution in [1.82, 2.24) is 4.98 Å². The number of carbonyl (C=O) groups is 1. The van der Waals surface area contributed by atoms with E-state index in [0.29, 0.717) is 24.0 Å². The minimum atomic E-state index is 0.0954. The molecule has 1 aromatic carbocycles. The number of para-hydroxylation sites is 1. The minimum absolute atomic E-state index is 0.0954. The number of benzene rings is 1. The zero-order chi connectivity index (χ0) is 13.4. The van der Waals surface area contributed by atoms with Crippen LogP contribution in [0.2, 0.25) is 5.15 Å². The molecule has 2 heterocycles. The van der Waals surface area contributed by atoms with Gasteiger partial charge in [-0.3, -0.25) is 4.79 Å². The third-order valence-electron chi connectivity index (χ3n) is 3.38. The van der Waals surface area contributed by atoms with Gasteiger partial charge < -0.3 is 4.90 Å². The van der Waals surface area contributed by atoms with Crippen molar-refractivity contribution >= 4 is 45.7 Å². The summed E-state index contributed by atoms with van der Waals surface area (Å²) in [5.41, 5.74) is 1.63. The standard InChI is InChI=1S/C14H12Cl2N2O/c15-7-9-5-14(19)18(8-9)12-6-13(16)17-11-4-2-1-3-10(11)12/h1-4,6,9H,5,7-8H2. The molecule has 0 N–H and O–H groups in total. The van der Waals surface area contributed by atoms with Gasteiger partial charge in [-0.25, -0.2) is 4.98 Å². The fraction of sp³-hybridized carbons (Fsp3) is 0.286. The molecule has 2 aromatic rings. The van der Waals surface area contributed by atoms with Crippen molar-refractivity contribution in [1.29, 1.82) is 0 Å². The summed E-state index contributed by atoms with van der Waals surface area (Å²) in [5.74, 6) is 0.803. The van der Waals surface area contributed by atoms with E-state index in [1.54, 1.807) is 11.0 Å². The molecule has 0 aliphatic carbocycles. The number of carbonyl (C=O) groups excluding carboxylic acids is 1. The maximum absolute atomic E-state index is 12.1. The fourth-order valence-electron chi connectivity index (χ4n) is 2.47. The SMILES string of the molecule is O=C1CC(CCl)CN1c1cc(Cl)nc2ccccc12. The van der Waals surface area contributed by atoms with E-state index in [0.717, 1.165) is 16.6 Å². The van der Waals surface area contributed by atoms with Crippen LogP contribution in [0.5, 0.6) is 0 Å². The molecule has 1 aliphatic rings. The van der Waals surface area contributed by atoms with Crippen molar-refractivity contribution in [2.75, 3.05) is 17.3 Å². The summed E-state index contributed by atoms with van der Waals surface area (Å²) in [5, 5.41) is 1.34. The van der Waals surface area contributed by atoms with Crippen molar-refractivity contribution in [3.05, 3.63) is 35.5 Å². The molecule has 0 saturated carbocycles. The molecule has 98 valence electrons. The average Bonchev–Trinajstić information content (AvgIpc) is 2.79. The second-order valence-corrected chi connectivity index (χ2v) is 5.41. The Morgan fingerprint density at radius 2 is 2.16 bits per heavy atom. The molecule has 1 unspecified atom stereocenters. The van der Waals surface area contributed by atoms with E-state index >= 15 is 0 Å². The van der Waals surface area contributed by atoms with Crippen LogP contribution in [0.15, 0.2) is 30.3 Å². The molecule has 3 rings (SSSR count). The monoisotopic (exact) mass is 294 g/mol. The molecule has 5 heteroatoms. The summed E-state index contributed by atoms with van der Waals surface area (Å²) < 4.78 is 0. The lowest BCUT2D eigenvalue weighted by atomic mass is 10.1. The first kappa shape index (κ1) is 12.7. The number of aromatic nitrogens is 1. The smallest absolute Gasteiger partial charge is 0.227 e. The number of alkyl halides is 1. The van der Waals surface area contributed by atoms with Crippen LogP contribution in [0.1, 0.15) is 6.42 Å². The summed E-state index contributed by atoms with van der Waals surface area (Å²) in [4.78, 5) is 18.1. The summed E-state index contributed by atoms with van der Waals surface area (Å²) in [6, 6.07) is 9.43. The number of halogens is 2. The molecule has 1 fully saturated rings. The molecule has 1 amide bonds. The van der Waals surface area contributed by atoms with Gasteiger partial charge in [0.1, 0.15) is 5.15 Å². The van der Waals surface area contributed by atoms with Gasteiger partial charge in [0.25, 0.3) is 0 Å². The number of pyridine rings is 1. The molecule has 0 bridgehead atoms. The van der Waals surface area contributed by atoms with Crippen molar-refractivity contribution in [3.8, 4) is 0 Å². The highest BCUT2D eigenvalue weighted by Gasteiger charge is 2.31. The van der Waals surface area contributed by atoms with E-state index in [4.69, 9.17) is 23.2 Å². The van der Waals surface area contributed by atoms with Crippen LogP contribution in [0.25, 0.3) is 10.9 Å². The molecule has 1 aromatic heterocycles. The summed E-state index contributed by atoms with van der Waals surface area (Å²) in [6.45, 7) is 0.646. The zero-order valence-electron chi connectivity index (χ0n) is 10.1. The molecule has 1 saturated heterocycles. The third kappa shape index (κ3) is 2.28. The predicted molar refractivity (Wildman–Crippen MR) is 77.9 cm³/mol. The van der Waals surface area contributed by atoms with Gasteiger partial charge in [-0.1, -0.05) is 29.8 Å². The average molecular weight is 295 g/mol. The van der Waals surface area contributed by atoms with E-state index in [2.05, 4.69) is 4.98 Å². The van der Waals surface area contributed by atoms with Crippen LogP contribution >= 0.6 is 23.2 Å². The molecule has 3 nitrogen and oxygen atoms in total. The molecular weight excluding hydrogens is 283 g/mol. The Hall–Kier alpha value is -1.32. The van der Waals surface area contributed by atoms with Gasteiger partial charge in [-0.15, -0.1) is 11.6 Å². The Morgan fingerprint density at radius 3 is 2.89 bits per heavy atom. The van der Waals surface area contributed by atoms with Gasteiger partial charge in [-0.05, 0) is 18.1 Å². The number of hydrogen-bond acceptors (Lipinski definition) is 2. The van der Waals surface area contributed by atoms with Gasteiger partial charge in [0, 0.05) is 24.2 Å². The maximum atomic E-state index is 12.1. The van der Waals surface area contributed by atoms with E-state index in [1.165, 1.54) is 0 Å². The first-order valence-electron chi connectivity index (χ1n) is 6.10. The van der Waals surface area contributed by atoms with Crippen molar-refractivity contribution in [2.24, 2.45) is 5.92 Å². The minimum Gasteiger partial charge on any atom is -0.311 e. The van der Waals surface area contributed by atoms with Crippen molar-refractivity contribution < 1.29 is 4.79 Å². The lowest BCUT2D eigenvalue weighted by Gasteiger charge is -2.18. The second kappa shape index (κ2) is 4.99. The Kier molecular flexibility index (Phi) is 3.33. The van der Waals surface area contributed by atoms with E-state index < -0.39 is 0 Å². The Labute approximate surface area is 121 Å². The first-order chi connectivity index (χ1) is 9.19. The first-order valence-corrected chi connectivity index (χ1v) is 7.02. The number of hydrogen-bond donors (Lipinski definition) is 0. The van der Waals surface area contributed by atoms with E-state index in [1.807, 2.05) is 24.3 Å². The zero-order valence-corrected chi connectivity index (χ0v) is 11.7. The highest BCUT2D eigenvalue weighted by molar-refractivity contribution is 6.30. The number of fused-ring (bicyclic) bond motifs is 1. The van der Waals surface area contributed by atoms with Crippen LogP contribution in [-0.4, -0.2) is 23.3 Å². The lowest BCUT2D eigenvalue weighted by molar-refractivity contribution is -0.117. The topological polar surface area (TPSA) is 33.2 Å². The van der Waals surface area contributed by atoms with Crippen LogP contribution < -0.4 is 4.90 Å². The largest absolute Gasteiger partial charge is 0.311 e. The highest BCUT2D eigenvalue weighted by Crippen LogP contribution is 2.33. The number of amides is 1. The van der Waals surface area contributed by atoms with E-state index in [-0.39, 0.29) is 11.8 Å². The lowest BCUT2D eigenvalue weighted by Crippen LogP contribution is -2.25. The highest BCUT2D eigenvalue weighted by atomic mass is 35.5. The van der Waals surface area contributed by atoms with Crippen LogP contribution in [-0.2, 0) is 4.79 Å². The second-order valence-electron chi connectivity index (χ2n) is 4.71. The van der Waals surface area contributed by atoms with Gasteiger partial charge in [0.2, 0.25) is 5.91 Å². The normalized spacial score (nSPS) is 19.4. The van der Waals surface area contributed by atoms with Gasteiger partial charge in [-0.2, -0.15) is 0 Å². The quantitative estimate of drug-likeness (QED) is 0.628. The number of rotatable bonds is 2. The van der Waals surface area contributed by atoms with Crippen LogP contribution in [0.4, 0.5) is 5.69 Å². The molecule has 1 aliphatic heterocycles. The van der Waals surface area contributed by atoms with Gasteiger partial charge in [0.05, 0.1) is 11.2 Å². The molecule has 19 heavy (non-hydrogen) atoms. The predicted octanol–water partition coefficient (Wildman–Crippen LogP) is 3.48. The van der Waals surface area contributed by atoms with Crippen molar-refractivity contribution in [3.63, 3.8) is 0 Å². The van der Waals surface area contributed by atoms with E-state index in [9.17, 15) is 4.79 Å². The Balaban J connectivity index is 2.12. The van der Waals surface area contributed by atoms with Gasteiger partial charge >= 0.3 is 0 Å². The molecule has 0 spiro atoms.